The predicted octanol–water partition coefficient (Wildman–Crippen LogP) is 3.91. The van der Waals surface area contributed by atoms with E-state index in [4.69, 9.17) is 4.74 Å². The quantitative estimate of drug-likeness (QED) is 0.529. The second kappa shape index (κ2) is 13.6. The minimum absolute atomic E-state index is 0.190. The molecule has 0 bridgehead atoms. The maximum atomic E-state index is 9.51. The molecule has 3 heteroatoms. The van der Waals surface area contributed by atoms with Gasteiger partial charge in [0.2, 0.25) is 0 Å². The van der Waals surface area contributed by atoms with E-state index >= 15 is 0 Å². The molecule has 112 valence electrons. The molecule has 3 nitrogen and oxygen atoms in total. The molecular weight excluding hydrogens is 240 g/mol. The van der Waals surface area contributed by atoms with Crippen molar-refractivity contribution in [1.29, 1.82) is 0 Å². The molecular formula is C16H30O3. The molecule has 0 aliphatic rings. The fraction of sp³-hybridized carbons (Fsp3) is 0.750. The van der Waals surface area contributed by atoms with E-state index in [1.807, 2.05) is 12.2 Å². The number of aliphatic hydroxyl groups is 2. The van der Waals surface area contributed by atoms with Crippen LogP contribution in [0.3, 0.4) is 0 Å². The number of rotatable bonds is 12. The molecule has 0 saturated heterocycles. The summed E-state index contributed by atoms with van der Waals surface area (Å²) in [6, 6.07) is 0. The average Bonchev–Trinajstić information content (AvgIpc) is 2.37. The minimum atomic E-state index is -0.190. The summed E-state index contributed by atoms with van der Waals surface area (Å²) in [4.78, 5) is 0. The van der Waals surface area contributed by atoms with Crippen LogP contribution in [0.25, 0.3) is 0 Å². The van der Waals surface area contributed by atoms with Gasteiger partial charge in [-0.25, -0.2) is 0 Å². The third-order valence-corrected chi connectivity index (χ3v) is 2.93. The average molecular weight is 270 g/mol. The van der Waals surface area contributed by atoms with Crippen LogP contribution in [0, 0.1) is 0 Å². The molecule has 0 aliphatic carbocycles. The Morgan fingerprint density at radius 2 is 1.21 bits per heavy atom. The smallest absolute Gasteiger partial charge is 0.0861 e. The maximum Gasteiger partial charge on any atom is 0.0861 e. The highest BCUT2D eigenvalue weighted by molar-refractivity contribution is 4.81. The van der Waals surface area contributed by atoms with Crippen LogP contribution in [0.2, 0.25) is 0 Å². The molecule has 0 aromatic heterocycles. The standard InChI is InChI=1S/C16H30O3/c1-3-9-15(17)11-5-7-13-19-14-8-6-12-16(18)10-4-2/h7-8,13-18H,3-6,9-12H2,1-2H3. The summed E-state index contributed by atoms with van der Waals surface area (Å²) in [6.07, 6.45) is 13.8. The summed E-state index contributed by atoms with van der Waals surface area (Å²) in [5, 5.41) is 19.0. The molecule has 0 aromatic rings. The Labute approximate surface area is 118 Å². The summed E-state index contributed by atoms with van der Waals surface area (Å²) in [6.45, 7) is 4.15. The van der Waals surface area contributed by atoms with Gasteiger partial charge in [-0.1, -0.05) is 26.7 Å². The molecule has 0 heterocycles. The first-order valence-electron chi connectivity index (χ1n) is 7.52. The molecule has 2 unspecified atom stereocenters. The van der Waals surface area contributed by atoms with E-state index in [0.717, 1.165) is 51.4 Å². The largest absolute Gasteiger partial charge is 0.473 e. The lowest BCUT2D eigenvalue weighted by Gasteiger charge is -2.06. The molecule has 19 heavy (non-hydrogen) atoms. The summed E-state index contributed by atoms with van der Waals surface area (Å²) in [5.74, 6) is 0. The van der Waals surface area contributed by atoms with Gasteiger partial charge < -0.3 is 14.9 Å². The van der Waals surface area contributed by atoms with Gasteiger partial charge in [0.05, 0.1) is 24.7 Å². The van der Waals surface area contributed by atoms with Gasteiger partial charge >= 0.3 is 0 Å². The molecule has 2 atom stereocenters. The van der Waals surface area contributed by atoms with Crippen molar-refractivity contribution in [3.63, 3.8) is 0 Å². The lowest BCUT2D eigenvalue weighted by molar-refractivity contribution is 0.154. The van der Waals surface area contributed by atoms with Crippen molar-refractivity contribution in [3.8, 4) is 0 Å². The second-order valence-corrected chi connectivity index (χ2v) is 4.92. The Morgan fingerprint density at radius 3 is 1.58 bits per heavy atom. The maximum absolute atomic E-state index is 9.51. The van der Waals surface area contributed by atoms with Crippen molar-refractivity contribution in [3.05, 3.63) is 24.7 Å². The summed E-state index contributed by atoms with van der Waals surface area (Å²) in [7, 11) is 0. The number of hydrogen-bond donors (Lipinski definition) is 2. The van der Waals surface area contributed by atoms with E-state index in [1.54, 1.807) is 12.5 Å². The third-order valence-electron chi connectivity index (χ3n) is 2.93. The van der Waals surface area contributed by atoms with Crippen LogP contribution in [0.15, 0.2) is 24.7 Å². The fourth-order valence-electron chi connectivity index (χ4n) is 1.82. The zero-order valence-corrected chi connectivity index (χ0v) is 12.4. The molecule has 0 spiro atoms. The number of aliphatic hydroxyl groups excluding tert-OH is 2. The van der Waals surface area contributed by atoms with E-state index in [1.165, 1.54) is 0 Å². The Morgan fingerprint density at radius 1 is 0.789 bits per heavy atom. The number of allylic oxidation sites excluding steroid dienone is 2. The molecule has 0 amide bonds. The molecule has 0 aromatic carbocycles. The van der Waals surface area contributed by atoms with Crippen LogP contribution in [0.1, 0.15) is 65.2 Å². The van der Waals surface area contributed by atoms with Crippen molar-refractivity contribution >= 4 is 0 Å². The lowest BCUT2D eigenvalue weighted by atomic mass is 10.1. The highest BCUT2D eigenvalue weighted by atomic mass is 16.5. The first kappa shape index (κ1) is 18.2. The van der Waals surface area contributed by atoms with Crippen LogP contribution in [0.4, 0.5) is 0 Å². The van der Waals surface area contributed by atoms with E-state index in [2.05, 4.69) is 13.8 Å². The van der Waals surface area contributed by atoms with Gasteiger partial charge in [-0.3, -0.25) is 0 Å². The molecule has 2 N–H and O–H groups in total. The van der Waals surface area contributed by atoms with Crippen LogP contribution < -0.4 is 0 Å². The van der Waals surface area contributed by atoms with Gasteiger partial charge in [-0.15, -0.1) is 0 Å². The Bertz CT molecular complexity index is 212. The van der Waals surface area contributed by atoms with Crippen LogP contribution in [-0.2, 0) is 4.74 Å². The van der Waals surface area contributed by atoms with E-state index in [0.29, 0.717) is 0 Å². The normalized spacial score (nSPS) is 15.2. The molecule has 0 fully saturated rings. The highest BCUT2D eigenvalue weighted by Crippen LogP contribution is 2.06. The second-order valence-electron chi connectivity index (χ2n) is 4.92. The van der Waals surface area contributed by atoms with Crippen LogP contribution in [-0.4, -0.2) is 22.4 Å². The van der Waals surface area contributed by atoms with Gasteiger partial charge in [0.1, 0.15) is 0 Å². The van der Waals surface area contributed by atoms with Crippen molar-refractivity contribution in [2.75, 3.05) is 0 Å². The van der Waals surface area contributed by atoms with E-state index in [9.17, 15) is 10.2 Å². The Kier molecular flexibility index (Phi) is 13.1. The SMILES string of the molecule is CCCC(O)CCC=COC=CCCC(O)CCC. The van der Waals surface area contributed by atoms with Crippen LogP contribution >= 0.6 is 0 Å². The van der Waals surface area contributed by atoms with Gasteiger partial charge in [0.25, 0.3) is 0 Å². The molecule has 0 aliphatic heterocycles. The third kappa shape index (κ3) is 13.4. The first-order valence-corrected chi connectivity index (χ1v) is 7.52. The van der Waals surface area contributed by atoms with Crippen molar-refractivity contribution in [1.82, 2.24) is 0 Å². The monoisotopic (exact) mass is 270 g/mol. The van der Waals surface area contributed by atoms with E-state index in [-0.39, 0.29) is 12.2 Å². The van der Waals surface area contributed by atoms with Crippen molar-refractivity contribution in [2.24, 2.45) is 0 Å². The molecule has 0 radical (unpaired) electrons. The number of ether oxygens (including phenoxy) is 1. The highest BCUT2D eigenvalue weighted by Gasteiger charge is 2.00. The predicted molar refractivity (Wildman–Crippen MR) is 79.7 cm³/mol. The topological polar surface area (TPSA) is 49.7 Å². The Balaban J connectivity index is 3.41. The minimum Gasteiger partial charge on any atom is -0.473 e. The molecule has 0 rings (SSSR count). The molecule has 0 saturated carbocycles. The van der Waals surface area contributed by atoms with Gasteiger partial charge in [0.15, 0.2) is 0 Å². The lowest BCUT2D eigenvalue weighted by Crippen LogP contribution is -2.04. The fourth-order valence-corrected chi connectivity index (χ4v) is 1.82. The summed E-state index contributed by atoms with van der Waals surface area (Å²) in [5.41, 5.74) is 0. The number of hydrogen-bond acceptors (Lipinski definition) is 3. The Hall–Kier alpha value is -0.800. The van der Waals surface area contributed by atoms with Gasteiger partial charge in [0, 0.05) is 0 Å². The van der Waals surface area contributed by atoms with Crippen molar-refractivity contribution in [2.45, 2.75) is 77.4 Å². The van der Waals surface area contributed by atoms with E-state index < -0.39 is 0 Å². The van der Waals surface area contributed by atoms with Crippen LogP contribution in [0.5, 0.6) is 0 Å². The summed E-state index contributed by atoms with van der Waals surface area (Å²) >= 11 is 0. The zero-order valence-electron chi connectivity index (χ0n) is 12.4. The van der Waals surface area contributed by atoms with Crippen molar-refractivity contribution < 1.29 is 14.9 Å². The van der Waals surface area contributed by atoms with Gasteiger partial charge in [-0.05, 0) is 50.7 Å². The first-order chi connectivity index (χ1) is 9.20. The summed E-state index contributed by atoms with van der Waals surface area (Å²) < 4.78 is 5.19. The zero-order chi connectivity index (χ0) is 14.3. The van der Waals surface area contributed by atoms with Gasteiger partial charge in [-0.2, -0.15) is 0 Å².